The lowest BCUT2D eigenvalue weighted by Crippen LogP contribution is -2.22. The van der Waals surface area contributed by atoms with Crippen LogP contribution in [0, 0.1) is 0 Å². The molecule has 1 aromatic rings. The lowest BCUT2D eigenvalue weighted by molar-refractivity contribution is -0.117. The number of hydrogen-bond donors (Lipinski definition) is 3. The van der Waals surface area contributed by atoms with Gasteiger partial charge in [-0.1, -0.05) is 0 Å². The number of sulfonamides is 1. The molecule has 0 aliphatic carbocycles. The summed E-state index contributed by atoms with van der Waals surface area (Å²) in [6, 6.07) is 4.37. The maximum absolute atomic E-state index is 12.0. The Hall–Kier alpha value is -1.80. The van der Waals surface area contributed by atoms with Crippen LogP contribution in [-0.2, 0) is 14.8 Å². The summed E-state index contributed by atoms with van der Waals surface area (Å²) in [6.45, 7) is 0.297. The van der Waals surface area contributed by atoms with E-state index in [2.05, 4.69) is 5.32 Å². The molecule has 8 heteroatoms. The molecule has 0 aliphatic rings. The van der Waals surface area contributed by atoms with E-state index in [4.69, 9.17) is 11.5 Å². The molecule has 0 aliphatic heterocycles. The molecule has 0 saturated heterocycles. The van der Waals surface area contributed by atoms with Gasteiger partial charge in [-0.3, -0.25) is 4.79 Å². The average molecular weight is 286 g/mol. The van der Waals surface area contributed by atoms with Gasteiger partial charge in [0.05, 0.1) is 16.3 Å². The van der Waals surface area contributed by atoms with E-state index in [0.29, 0.717) is 17.9 Å². The van der Waals surface area contributed by atoms with Gasteiger partial charge in [-0.05, 0) is 18.2 Å². The monoisotopic (exact) mass is 286 g/mol. The molecular formula is C11H18N4O3S. The standard InChI is InChI=1S/C11H18N4O3S/c1-15(2)19(17,18)8-3-4-9(12)10(7-8)14-6-5-11(13)16/h3-4,7,14H,5-6,12H2,1-2H3,(H2,13,16). The third-order valence-electron chi connectivity index (χ3n) is 2.49. The minimum Gasteiger partial charge on any atom is -0.397 e. The molecule has 0 bridgehead atoms. The van der Waals surface area contributed by atoms with Gasteiger partial charge in [-0.2, -0.15) is 0 Å². The number of primary amides is 1. The molecule has 1 rings (SSSR count). The summed E-state index contributed by atoms with van der Waals surface area (Å²) in [6.07, 6.45) is 0.143. The van der Waals surface area contributed by atoms with E-state index in [1.807, 2.05) is 0 Å². The maximum atomic E-state index is 12.0. The second kappa shape index (κ2) is 5.89. The van der Waals surface area contributed by atoms with Crippen molar-refractivity contribution < 1.29 is 13.2 Å². The zero-order chi connectivity index (χ0) is 14.6. The predicted octanol–water partition coefficient (Wildman–Crippen LogP) is -0.194. The van der Waals surface area contributed by atoms with Gasteiger partial charge >= 0.3 is 0 Å². The smallest absolute Gasteiger partial charge is 0.242 e. The van der Waals surface area contributed by atoms with Gasteiger partial charge in [-0.15, -0.1) is 0 Å². The second-order valence-electron chi connectivity index (χ2n) is 4.18. The lowest BCUT2D eigenvalue weighted by Gasteiger charge is -2.14. The third kappa shape index (κ3) is 3.83. The van der Waals surface area contributed by atoms with Crippen molar-refractivity contribution in [3.05, 3.63) is 18.2 Å². The van der Waals surface area contributed by atoms with E-state index >= 15 is 0 Å². The Balaban J connectivity index is 2.98. The fourth-order valence-electron chi connectivity index (χ4n) is 1.38. The third-order valence-corrected chi connectivity index (χ3v) is 4.30. The summed E-state index contributed by atoms with van der Waals surface area (Å²) in [5.74, 6) is -0.442. The highest BCUT2D eigenvalue weighted by molar-refractivity contribution is 7.89. The molecule has 5 N–H and O–H groups in total. The van der Waals surface area contributed by atoms with Crippen LogP contribution in [-0.4, -0.2) is 39.3 Å². The van der Waals surface area contributed by atoms with Crippen LogP contribution in [0.15, 0.2) is 23.1 Å². The Labute approximate surface area is 112 Å². The number of benzene rings is 1. The maximum Gasteiger partial charge on any atom is 0.242 e. The Bertz CT molecular complexity index is 569. The first-order valence-corrected chi connectivity index (χ1v) is 7.03. The SMILES string of the molecule is CN(C)S(=O)(=O)c1ccc(N)c(NCCC(N)=O)c1. The molecule has 0 radical (unpaired) electrons. The summed E-state index contributed by atoms with van der Waals surface area (Å²) in [5, 5.41) is 2.89. The van der Waals surface area contributed by atoms with Gasteiger partial charge in [0, 0.05) is 27.1 Å². The molecular weight excluding hydrogens is 268 g/mol. The van der Waals surface area contributed by atoms with Crippen LogP contribution in [0.25, 0.3) is 0 Å². The molecule has 0 fully saturated rings. The Morgan fingerprint density at radius 3 is 2.53 bits per heavy atom. The van der Waals surface area contributed by atoms with Crippen molar-refractivity contribution in [3.8, 4) is 0 Å². The van der Waals surface area contributed by atoms with Crippen molar-refractivity contribution in [1.29, 1.82) is 0 Å². The number of nitrogens with two attached hydrogens (primary N) is 2. The van der Waals surface area contributed by atoms with Gasteiger partial charge in [0.25, 0.3) is 0 Å². The number of nitrogens with one attached hydrogen (secondary N) is 1. The largest absolute Gasteiger partial charge is 0.397 e. The highest BCUT2D eigenvalue weighted by Crippen LogP contribution is 2.24. The van der Waals surface area contributed by atoms with Gasteiger partial charge in [0.15, 0.2) is 0 Å². The summed E-state index contributed by atoms with van der Waals surface area (Å²) in [5.41, 5.74) is 11.6. The summed E-state index contributed by atoms with van der Waals surface area (Å²) >= 11 is 0. The van der Waals surface area contributed by atoms with Crippen LogP contribution in [0.2, 0.25) is 0 Å². The number of rotatable bonds is 6. The zero-order valence-corrected chi connectivity index (χ0v) is 11.7. The molecule has 0 atom stereocenters. The van der Waals surface area contributed by atoms with Gasteiger partial charge in [-0.25, -0.2) is 12.7 Å². The van der Waals surface area contributed by atoms with Gasteiger partial charge in [0.1, 0.15) is 0 Å². The number of hydrogen-bond acceptors (Lipinski definition) is 5. The summed E-state index contributed by atoms with van der Waals surface area (Å²) in [7, 11) is -0.611. The van der Waals surface area contributed by atoms with Crippen LogP contribution in [0.4, 0.5) is 11.4 Å². The van der Waals surface area contributed by atoms with Crippen LogP contribution in [0.3, 0.4) is 0 Å². The van der Waals surface area contributed by atoms with E-state index in [1.165, 1.54) is 32.3 Å². The first-order chi connectivity index (χ1) is 8.75. The molecule has 0 heterocycles. The Morgan fingerprint density at radius 1 is 1.37 bits per heavy atom. The van der Waals surface area contributed by atoms with Gasteiger partial charge in [0.2, 0.25) is 15.9 Å². The van der Waals surface area contributed by atoms with Crippen molar-refractivity contribution in [2.24, 2.45) is 5.73 Å². The number of nitrogen functional groups attached to an aromatic ring is 1. The van der Waals surface area contributed by atoms with Crippen LogP contribution in [0.1, 0.15) is 6.42 Å². The molecule has 1 aromatic carbocycles. The topological polar surface area (TPSA) is 119 Å². The van der Waals surface area contributed by atoms with Crippen molar-refractivity contribution in [1.82, 2.24) is 4.31 Å². The second-order valence-corrected chi connectivity index (χ2v) is 6.33. The van der Waals surface area contributed by atoms with E-state index in [9.17, 15) is 13.2 Å². The fourth-order valence-corrected chi connectivity index (χ4v) is 2.31. The normalized spacial score (nSPS) is 11.5. The van der Waals surface area contributed by atoms with Crippen LogP contribution in [0.5, 0.6) is 0 Å². The van der Waals surface area contributed by atoms with E-state index < -0.39 is 15.9 Å². The number of amides is 1. The predicted molar refractivity (Wildman–Crippen MR) is 74.0 cm³/mol. The molecule has 0 unspecified atom stereocenters. The van der Waals surface area contributed by atoms with Crippen molar-refractivity contribution in [2.45, 2.75) is 11.3 Å². The lowest BCUT2D eigenvalue weighted by atomic mass is 10.2. The minimum absolute atomic E-state index is 0.133. The average Bonchev–Trinajstić information content (AvgIpc) is 2.30. The highest BCUT2D eigenvalue weighted by Gasteiger charge is 2.18. The fraction of sp³-hybridized carbons (Fsp3) is 0.364. The van der Waals surface area contributed by atoms with Crippen LogP contribution >= 0.6 is 0 Å². The minimum atomic E-state index is -3.51. The summed E-state index contributed by atoms with van der Waals surface area (Å²) in [4.78, 5) is 10.8. The number of carbonyl (C=O) groups is 1. The van der Waals surface area contributed by atoms with Crippen molar-refractivity contribution in [3.63, 3.8) is 0 Å². The number of anilines is 2. The molecule has 0 spiro atoms. The van der Waals surface area contributed by atoms with Crippen molar-refractivity contribution >= 4 is 27.3 Å². The molecule has 0 aromatic heterocycles. The first kappa shape index (κ1) is 15.3. The Morgan fingerprint density at radius 2 is 2.00 bits per heavy atom. The van der Waals surface area contributed by atoms with E-state index in [0.717, 1.165) is 4.31 Å². The van der Waals surface area contributed by atoms with Gasteiger partial charge < -0.3 is 16.8 Å². The zero-order valence-electron chi connectivity index (χ0n) is 10.9. The molecule has 7 nitrogen and oxygen atoms in total. The quantitative estimate of drug-likeness (QED) is 0.626. The van der Waals surface area contributed by atoms with Crippen LogP contribution < -0.4 is 16.8 Å². The Kier molecular flexibility index (Phi) is 4.73. The summed E-state index contributed by atoms with van der Waals surface area (Å²) < 4.78 is 25.0. The highest BCUT2D eigenvalue weighted by atomic mass is 32.2. The van der Waals surface area contributed by atoms with E-state index in [1.54, 1.807) is 0 Å². The molecule has 1 amide bonds. The molecule has 19 heavy (non-hydrogen) atoms. The molecule has 106 valence electrons. The van der Waals surface area contributed by atoms with E-state index in [-0.39, 0.29) is 11.3 Å². The number of nitrogens with zero attached hydrogens (tertiary/aromatic N) is 1. The van der Waals surface area contributed by atoms with Crippen molar-refractivity contribution in [2.75, 3.05) is 31.7 Å². The molecule has 0 saturated carbocycles. The number of carbonyl (C=O) groups excluding carboxylic acids is 1. The first-order valence-electron chi connectivity index (χ1n) is 5.59.